The van der Waals surface area contributed by atoms with E-state index in [1.165, 1.54) is 10.7 Å². The number of aromatic nitrogens is 2. The number of hydrogen-bond acceptors (Lipinski definition) is 3. The lowest BCUT2D eigenvalue weighted by atomic mass is 10.00. The van der Waals surface area contributed by atoms with Gasteiger partial charge in [-0.15, -0.1) is 0 Å². The Morgan fingerprint density at radius 2 is 2.15 bits per heavy atom. The van der Waals surface area contributed by atoms with Crippen molar-refractivity contribution in [1.29, 1.82) is 0 Å². The molecule has 1 N–H and O–H groups in total. The van der Waals surface area contributed by atoms with Crippen molar-refractivity contribution in [3.63, 3.8) is 0 Å². The minimum atomic E-state index is -0.338. The smallest absolute Gasteiger partial charge is 0.317 e. The number of urea groups is 1. The third kappa shape index (κ3) is 4.40. The number of benzene rings is 1. The van der Waals surface area contributed by atoms with Crippen LogP contribution in [-0.4, -0.2) is 47.5 Å². The third-order valence-electron chi connectivity index (χ3n) is 4.76. The topological polar surface area (TPSA) is 59.4 Å². The molecule has 1 fully saturated rings. The van der Waals surface area contributed by atoms with E-state index >= 15 is 0 Å². The molecule has 1 aromatic heterocycles. The highest BCUT2D eigenvalue weighted by Gasteiger charge is 2.20. The van der Waals surface area contributed by atoms with Crippen molar-refractivity contribution in [1.82, 2.24) is 20.0 Å². The number of amides is 2. The highest BCUT2D eigenvalue weighted by molar-refractivity contribution is 5.74. The van der Waals surface area contributed by atoms with Crippen LogP contribution in [-0.2, 0) is 4.74 Å². The van der Waals surface area contributed by atoms with Crippen LogP contribution in [0.2, 0.25) is 0 Å². The molecule has 140 valence electrons. The van der Waals surface area contributed by atoms with E-state index in [1.54, 1.807) is 42.5 Å². The minimum absolute atomic E-state index is 0.123. The average Bonchev–Trinajstić information content (AvgIpc) is 3.13. The van der Waals surface area contributed by atoms with Gasteiger partial charge in [0.25, 0.3) is 0 Å². The van der Waals surface area contributed by atoms with Crippen molar-refractivity contribution in [2.45, 2.75) is 25.8 Å². The van der Waals surface area contributed by atoms with Crippen molar-refractivity contribution in [2.24, 2.45) is 5.92 Å². The maximum Gasteiger partial charge on any atom is 0.317 e. The lowest BCUT2D eigenvalue weighted by Crippen LogP contribution is -2.41. The van der Waals surface area contributed by atoms with E-state index in [-0.39, 0.29) is 17.9 Å². The maximum atomic E-state index is 13.9. The summed E-state index contributed by atoms with van der Waals surface area (Å²) in [7, 11) is 1.81. The van der Waals surface area contributed by atoms with Crippen LogP contribution in [0.4, 0.5) is 9.18 Å². The molecule has 7 heteroatoms. The Morgan fingerprint density at radius 3 is 2.88 bits per heavy atom. The summed E-state index contributed by atoms with van der Waals surface area (Å²) < 4.78 is 20.7. The molecular weight excluding hydrogens is 335 g/mol. The fourth-order valence-electron chi connectivity index (χ4n) is 3.11. The molecule has 0 bridgehead atoms. The van der Waals surface area contributed by atoms with Gasteiger partial charge in [-0.25, -0.2) is 13.9 Å². The standard InChI is InChI=1S/C19H25FN4O2/c1-14(22-19(25)23(2)12-15-7-9-26-10-8-15)16-11-21-24(13-16)18-6-4-3-5-17(18)20/h3-6,11,13-15H,7-10,12H2,1-2H3,(H,22,25)/t14-/m0/s1. The van der Waals surface area contributed by atoms with Crippen molar-refractivity contribution >= 4 is 6.03 Å². The Balaban J connectivity index is 1.58. The average molecular weight is 360 g/mol. The normalized spacial score (nSPS) is 16.3. The first-order valence-corrected chi connectivity index (χ1v) is 8.93. The summed E-state index contributed by atoms with van der Waals surface area (Å²) in [5, 5.41) is 7.19. The summed E-state index contributed by atoms with van der Waals surface area (Å²) in [6.07, 6.45) is 5.36. The second-order valence-electron chi connectivity index (χ2n) is 6.78. The highest BCUT2D eigenvalue weighted by atomic mass is 19.1. The molecule has 1 aromatic carbocycles. The second-order valence-corrected chi connectivity index (χ2v) is 6.78. The number of para-hydroxylation sites is 1. The molecule has 26 heavy (non-hydrogen) atoms. The SMILES string of the molecule is C[C@H](NC(=O)N(C)CC1CCOCC1)c1cnn(-c2ccccc2F)c1. The van der Waals surface area contributed by atoms with Gasteiger partial charge in [0.2, 0.25) is 0 Å². The molecule has 0 spiro atoms. The molecule has 0 unspecified atom stereocenters. The van der Waals surface area contributed by atoms with Gasteiger partial charge >= 0.3 is 6.03 Å². The largest absolute Gasteiger partial charge is 0.381 e. The van der Waals surface area contributed by atoms with Crippen LogP contribution >= 0.6 is 0 Å². The number of nitrogens with one attached hydrogen (secondary N) is 1. The van der Waals surface area contributed by atoms with Gasteiger partial charge in [-0.2, -0.15) is 5.10 Å². The molecule has 1 aliphatic rings. The predicted octanol–water partition coefficient (Wildman–Crippen LogP) is 3.14. The summed E-state index contributed by atoms with van der Waals surface area (Å²) >= 11 is 0. The Labute approximate surface area is 152 Å². The molecule has 0 aliphatic carbocycles. The van der Waals surface area contributed by atoms with Crippen molar-refractivity contribution in [2.75, 3.05) is 26.8 Å². The monoisotopic (exact) mass is 360 g/mol. The van der Waals surface area contributed by atoms with Crippen molar-refractivity contribution < 1.29 is 13.9 Å². The fourth-order valence-corrected chi connectivity index (χ4v) is 3.11. The highest BCUT2D eigenvalue weighted by Crippen LogP contribution is 2.18. The molecule has 1 atom stereocenters. The zero-order valence-electron chi connectivity index (χ0n) is 15.2. The lowest BCUT2D eigenvalue weighted by Gasteiger charge is -2.28. The number of carbonyl (C=O) groups is 1. The summed E-state index contributed by atoms with van der Waals surface area (Å²) in [6.45, 7) is 4.15. The molecule has 0 radical (unpaired) electrons. The quantitative estimate of drug-likeness (QED) is 0.891. The number of hydrogen-bond donors (Lipinski definition) is 1. The molecule has 2 heterocycles. The predicted molar refractivity (Wildman–Crippen MR) is 96.6 cm³/mol. The van der Waals surface area contributed by atoms with Gasteiger partial charge in [-0.3, -0.25) is 0 Å². The van der Waals surface area contributed by atoms with Crippen LogP contribution in [0.25, 0.3) is 5.69 Å². The zero-order valence-corrected chi connectivity index (χ0v) is 15.2. The summed E-state index contributed by atoms with van der Waals surface area (Å²) in [6, 6.07) is 6.11. The van der Waals surface area contributed by atoms with Crippen LogP contribution in [0.1, 0.15) is 31.4 Å². The van der Waals surface area contributed by atoms with E-state index in [4.69, 9.17) is 4.74 Å². The molecule has 2 amide bonds. The van der Waals surface area contributed by atoms with E-state index < -0.39 is 0 Å². The first kappa shape index (κ1) is 18.4. The van der Waals surface area contributed by atoms with E-state index in [1.807, 2.05) is 6.92 Å². The van der Waals surface area contributed by atoms with Crippen molar-refractivity contribution in [3.05, 3.63) is 48.0 Å². The van der Waals surface area contributed by atoms with Crippen LogP contribution in [0.3, 0.4) is 0 Å². The van der Waals surface area contributed by atoms with E-state index in [0.29, 0.717) is 11.6 Å². The first-order chi connectivity index (χ1) is 12.5. The number of rotatable bonds is 5. The van der Waals surface area contributed by atoms with Gasteiger partial charge in [0.15, 0.2) is 0 Å². The fraction of sp³-hybridized carbons (Fsp3) is 0.474. The first-order valence-electron chi connectivity index (χ1n) is 8.93. The second kappa shape index (κ2) is 8.31. The maximum absolute atomic E-state index is 13.9. The van der Waals surface area contributed by atoms with E-state index in [2.05, 4.69) is 10.4 Å². The molecular formula is C19H25FN4O2. The molecule has 6 nitrogen and oxygen atoms in total. The van der Waals surface area contributed by atoms with Crippen LogP contribution in [0.5, 0.6) is 0 Å². The third-order valence-corrected chi connectivity index (χ3v) is 4.76. The minimum Gasteiger partial charge on any atom is -0.381 e. The number of nitrogens with zero attached hydrogens (tertiary/aromatic N) is 3. The molecule has 1 saturated heterocycles. The molecule has 0 saturated carbocycles. The summed E-state index contributed by atoms with van der Waals surface area (Å²) in [5.41, 5.74) is 1.20. The zero-order chi connectivity index (χ0) is 18.5. The van der Waals surface area contributed by atoms with Crippen molar-refractivity contribution in [3.8, 4) is 5.69 Å². The molecule has 1 aliphatic heterocycles. The van der Waals surface area contributed by atoms with Gasteiger partial charge in [-0.05, 0) is 37.8 Å². The van der Waals surface area contributed by atoms with Gasteiger partial charge in [0.1, 0.15) is 11.5 Å². The Morgan fingerprint density at radius 1 is 1.42 bits per heavy atom. The van der Waals surface area contributed by atoms with Gasteiger partial charge in [0.05, 0.1) is 12.2 Å². The van der Waals surface area contributed by atoms with E-state index in [9.17, 15) is 9.18 Å². The van der Waals surface area contributed by atoms with Gasteiger partial charge in [-0.1, -0.05) is 12.1 Å². The van der Waals surface area contributed by atoms with Crippen LogP contribution in [0.15, 0.2) is 36.7 Å². The van der Waals surface area contributed by atoms with Crippen LogP contribution in [0, 0.1) is 11.7 Å². The Kier molecular flexibility index (Phi) is 5.88. The van der Waals surface area contributed by atoms with Gasteiger partial charge < -0.3 is 15.0 Å². The Hall–Kier alpha value is -2.41. The van der Waals surface area contributed by atoms with Crippen LogP contribution < -0.4 is 5.32 Å². The number of carbonyl (C=O) groups excluding carboxylic acids is 1. The number of ether oxygens (including phenoxy) is 1. The molecule has 3 rings (SSSR count). The Bertz CT molecular complexity index is 743. The molecule has 2 aromatic rings. The lowest BCUT2D eigenvalue weighted by molar-refractivity contribution is 0.0585. The van der Waals surface area contributed by atoms with E-state index in [0.717, 1.165) is 38.2 Å². The summed E-state index contributed by atoms with van der Waals surface area (Å²) in [4.78, 5) is 14.1. The number of halogens is 1. The summed E-state index contributed by atoms with van der Waals surface area (Å²) in [5.74, 6) is 0.147. The van der Waals surface area contributed by atoms with Gasteiger partial charge in [0, 0.05) is 38.6 Å².